The maximum atomic E-state index is 5.66. The highest BCUT2D eigenvalue weighted by Gasteiger charge is 2.12. The Morgan fingerprint density at radius 3 is 3.25 bits per heavy atom. The average Bonchev–Trinajstić information content (AvgIpc) is 2.30. The van der Waals surface area contributed by atoms with Crippen LogP contribution in [0, 0.1) is 5.92 Å². The van der Waals surface area contributed by atoms with Crippen LogP contribution in [0.1, 0.15) is 19.3 Å². The van der Waals surface area contributed by atoms with Crippen molar-refractivity contribution in [3.63, 3.8) is 0 Å². The van der Waals surface area contributed by atoms with Crippen molar-refractivity contribution in [1.82, 2.24) is 15.3 Å². The molecule has 1 saturated heterocycles. The van der Waals surface area contributed by atoms with Crippen molar-refractivity contribution in [3.8, 4) is 5.88 Å². The molecule has 0 unspecified atom stereocenters. The van der Waals surface area contributed by atoms with Gasteiger partial charge < -0.3 is 10.1 Å². The molecule has 0 aliphatic carbocycles. The van der Waals surface area contributed by atoms with Crippen LogP contribution in [-0.2, 0) is 0 Å². The van der Waals surface area contributed by atoms with Crippen LogP contribution in [0.4, 0.5) is 0 Å². The van der Waals surface area contributed by atoms with Crippen LogP contribution in [0.5, 0.6) is 5.88 Å². The summed E-state index contributed by atoms with van der Waals surface area (Å²) in [6, 6.07) is 1.73. The van der Waals surface area contributed by atoms with Crippen LogP contribution in [0.3, 0.4) is 0 Å². The maximum absolute atomic E-state index is 5.66. The van der Waals surface area contributed by atoms with E-state index in [0.29, 0.717) is 12.5 Å². The van der Waals surface area contributed by atoms with Gasteiger partial charge in [-0.1, -0.05) is 0 Å². The molecule has 1 aliphatic rings. The number of hydrogen-bond acceptors (Lipinski definition) is 4. The predicted octanol–water partition coefficient (Wildman–Crippen LogP) is 1.90. The van der Waals surface area contributed by atoms with Gasteiger partial charge in [0.15, 0.2) is 0 Å². The molecule has 4 nitrogen and oxygen atoms in total. The molecule has 0 aromatic carbocycles. The minimum atomic E-state index is 0.233. The molecule has 2 rings (SSSR count). The molecule has 0 saturated carbocycles. The minimum Gasteiger partial charge on any atom is -0.478 e. The second-order valence-electron chi connectivity index (χ2n) is 4.01. The summed E-state index contributed by atoms with van der Waals surface area (Å²) in [6.45, 7) is 2.95. The monoisotopic (exact) mass is 241 g/mol. The van der Waals surface area contributed by atoms with E-state index in [-0.39, 0.29) is 5.28 Å². The van der Waals surface area contributed by atoms with Gasteiger partial charge in [-0.2, -0.15) is 4.98 Å². The Kier molecular flexibility index (Phi) is 4.36. The molecule has 1 aromatic rings. The molecule has 1 fully saturated rings. The molecule has 88 valence electrons. The standard InChI is InChI=1S/C11H16ClN3O/c12-11-14-6-3-10(15-11)16-7-4-9-2-1-5-13-8-9/h3,6,9,13H,1-2,4-5,7-8H2/t9-/m1/s1. The zero-order valence-electron chi connectivity index (χ0n) is 9.16. The highest BCUT2D eigenvalue weighted by Crippen LogP contribution is 2.15. The first-order chi connectivity index (χ1) is 7.84. The topological polar surface area (TPSA) is 47.0 Å². The van der Waals surface area contributed by atoms with Gasteiger partial charge in [-0.3, -0.25) is 0 Å². The summed E-state index contributed by atoms with van der Waals surface area (Å²) < 4.78 is 5.53. The van der Waals surface area contributed by atoms with Crippen molar-refractivity contribution >= 4 is 11.6 Å². The number of piperidine rings is 1. The number of nitrogens with one attached hydrogen (secondary N) is 1. The van der Waals surface area contributed by atoms with E-state index in [4.69, 9.17) is 16.3 Å². The zero-order chi connectivity index (χ0) is 11.2. The first-order valence-electron chi connectivity index (χ1n) is 5.66. The summed E-state index contributed by atoms with van der Waals surface area (Å²) in [5, 5.41) is 3.62. The van der Waals surface area contributed by atoms with E-state index in [1.807, 2.05) is 0 Å². The Morgan fingerprint density at radius 1 is 1.56 bits per heavy atom. The van der Waals surface area contributed by atoms with Crippen molar-refractivity contribution in [2.75, 3.05) is 19.7 Å². The van der Waals surface area contributed by atoms with Crippen molar-refractivity contribution in [3.05, 3.63) is 17.5 Å². The van der Waals surface area contributed by atoms with Crippen molar-refractivity contribution in [1.29, 1.82) is 0 Å². The van der Waals surface area contributed by atoms with Gasteiger partial charge in [-0.15, -0.1) is 0 Å². The Morgan fingerprint density at radius 2 is 2.50 bits per heavy atom. The van der Waals surface area contributed by atoms with Gasteiger partial charge in [-0.05, 0) is 49.9 Å². The van der Waals surface area contributed by atoms with Gasteiger partial charge in [0.1, 0.15) is 0 Å². The molecule has 1 aliphatic heterocycles. The lowest BCUT2D eigenvalue weighted by Crippen LogP contribution is -2.30. The summed E-state index contributed by atoms with van der Waals surface area (Å²) >= 11 is 5.66. The van der Waals surface area contributed by atoms with Crippen LogP contribution in [-0.4, -0.2) is 29.7 Å². The van der Waals surface area contributed by atoms with E-state index >= 15 is 0 Å². The van der Waals surface area contributed by atoms with E-state index < -0.39 is 0 Å². The third kappa shape index (κ3) is 3.61. The SMILES string of the molecule is Clc1nccc(OCC[C@H]2CCCNC2)n1. The molecule has 0 bridgehead atoms. The Balaban J connectivity index is 1.71. The first-order valence-corrected chi connectivity index (χ1v) is 6.04. The van der Waals surface area contributed by atoms with Crippen LogP contribution in [0.15, 0.2) is 12.3 Å². The summed E-state index contributed by atoms with van der Waals surface area (Å²) in [5.74, 6) is 1.29. The zero-order valence-corrected chi connectivity index (χ0v) is 9.91. The van der Waals surface area contributed by atoms with Crippen molar-refractivity contribution < 1.29 is 4.74 Å². The second-order valence-corrected chi connectivity index (χ2v) is 4.35. The highest BCUT2D eigenvalue weighted by molar-refractivity contribution is 6.28. The summed E-state index contributed by atoms with van der Waals surface area (Å²) in [7, 11) is 0. The Hall–Kier alpha value is -0.870. The highest BCUT2D eigenvalue weighted by atomic mass is 35.5. The van der Waals surface area contributed by atoms with E-state index in [9.17, 15) is 0 Å². The van der Waals surface area contributed by atoms with Gasteiger partial charge in [0.25, 0.3) is 0 Å². The maximum Gasteiger partial charge on any atom is 0.225 e. The second kappa shape index (κ2) is 6.01. The lowest BCUT2D eigenvalue weighted by molar-refractivity contribution is 0.247. The van der Waals surface area contributed by atoms with Gasteiger partial charge in [0.2, 0.25) is 11.2 Å². The number of halogens is 1. The van der Waals surface area contributed by atoms with E-state index in [2.05, 4.69) is 15.3 Å². The summed E-state index contributed by atoms with van der Waals surface area (Å²) in [4.78, 5) is 7.77. The number of nitrogens with zero attached hydrogens (tertiary/aromatic N) is 2. The Labute approximate surface area is 100 Å². The largest absolute Gasteiger partial charge is 0.478 e. The summed E-state index contributed by atoms with van der Waals surface area (Å²) in [6.07, 6.45) is 5.23. The molecule has 0 amide bonds. The third-order valence-corrected chi connectivity index (χ3v) is 2.96. The van der Waals surface area contributed by atoms with Gasteiger partial charge in [0.05, 0.1) is 6.61 Å². The quantitative estimate of drug-likeness (QED) is 0.818. The fourth-order valence-electron chi connectivity index (χ4n) is 1.90. The molecule has 1 atom stereocenters. The smallest absolute Gasteiger partial charge is 0.225 e. The van der Waals surface area contributed by atoms with Crippen LogP contribution in [0.2, 0.25) is 5.28 Å². The molecule has 1 N–H and O–H groups in total. The third-order valence-electron chi connectivity index (χ3n) is 2.78. The van der Waals surface area contributed by atoms with E-state index in [1.165, 1.54) is 12.8 Å². The normalized spacial score (nSPS) is 20.7. The van der Waals surface area contributed by atoms with Gasteiger partial charge in [-0.25, -0.2) is 4.98 Å². The lowest BCUT2D eigenvalue weighted by Gasteiger charge is -2.22. The van der Waals surface area contributed by atoms with Gasteiger partial charge >= 0.3 is 0 Å². The number of rotatable bonds is 4. The van der Waals surface area contributed by atoms with Crippen molar-refractivity contribution in [2.45, 2.75) is 19.3 Å². The van der Waals surface area contributed by atoms with Crippen LogP contribution >= 0.6 is 11.6 Å². The molecule has 5 heteroatoms. The fraction of sp³-hybridized carbons (Fsp3) is 0.636. The molecule has 0 spiro atoms. The fourth-order valence-corrected chi connectivity index (χ4v) is 2.04. The lowest BCUT2D eigenvalue weighted by atomic mass is 9.97. The molecule has 2 heterocycles. The van der Waals surface area contributed by atoms with Crippen LogP contribution in [0.25, 0.3) is 0 Å². The molecular weight excluding hydrogens is 226 g/mol. The number of hydrogen-bond donors (Lipinski definition) is 1. The number of ether oxygens (including phenoxy) is 1. The van der Waals surface area contributed by atoms with Gasteiger partial charge in [0, 0.05) is 12.3 Å². The van der Waals surface area contributed by atoms with E-state index in [1.54, 1.807) is 12.3 Å². The Bertz CT molecular complexity index is 329. The number of aromatic nitrogens is 2. The predicted molar refractivity (Wildman–Crippen MR) is 62.7 cm³/mol. The first kappa shape index (κ1) is 11.6. The molecular formula is C11H16ClN3O. The molecule has 0 radical (unpaired) electrons. The van der Waals surface area contributed by atoms with Crippen LogP contribution < -0.4 is 10.1 Å². The molecule has 1 aromatic heterocycles. The molecule has 16 heavy (non-hydrogen) atoms. The summed E-state index contributed by atoms with van der Waals surface area (Å²) in [5.41, 5.74) is 0. The minimum absolute atomic E-state index is 0.233. The van der Waals surface area contributed by atoms with E-state index in [0.717, 1.165) is 25.4 Å². The average molecular weight is 242 g/mol. The van der Waals surface area contributed by atoms with Crippen molar-refractivity contribution in [2.24, 2.45) is 5.92 Å².